The van der Waals surface area contributed by atoms with E-state index in [2.05, 4.69) is 41.7 Å². The van der Waals surface area contributed by atoms with E-state index in [0.717, 1.165) is 52.2 Å². The molecule has 0 bridgehead atoms. The van der Waals surface area contributed by atoms with Crippen LogP contribution in [0.1, 0.15) is 11.1 Å². The molecule has 1 N–H and O–H groups in total. The van der Waals surface area contributed by atoms with E-state index in [1.165, 1.54) is 5.56 Å². The summed E-state index contributed by atoms with van der Waals surface area (Å²) in [6.45, 7) is 1.55. The Labute approximate surface area is 189 Å². The molecule has 3 aromatic carbocycles. The highest BCUT2D eigenvalue weighted by Crippen LogP contribution is 2.36. The summed E-state index contributed by atoms with van der Waals surface area (Å²) in [5.41, 5.74) is 5.07. The van der Waals surface area contributed by atoms with Crippen LogP contribution in [-0.2, 0) is 13.0 Å². The Morgan fingerprint density at radius 1 is 0.781 bits per heavy atom. The Hall–Kier alpha value is -3.57. The molecule has 4 aromatic rings. The number of hydrogen-bond donors (Lipinski definition) is 1. The van der Waals surface area contributed by atoms with E-state index in [9.17, 15) is 0 Å². The van der Waals surface area contributed by atoms with Gasteiger partial charge in [-0.2, -0.15) is 0 Å². The highest BCUT2D eigenvalue weighted by atomic mass is 16.5. The standard InChI is InChI=1S/C27H28N2O3/c1-30-22-11-7-10-20(16-22)26-21(18-28-15-14-19-8-5-4-6-9-19)17-23-24(31-2)12-13-25(32-3)27(23)29-26/h4-13,16-17,28H,14-15,18H2,1-3H3. The van der Waals surface area contributed by atoms with Gasteiger partial charge in [-0.25, -0.2) is 4.98 Å². The van der Waals surface area contributed by atoms with E-state index in [-0.39, 0.29) is 0 Å². The van der Waals surface area contributed by atoms with Crippen LogP contribution in [0.25, 0.3) is 22.2 Å². The van der Waals surface area contributed by atoms with Crippen molar-refractivity contribution in [1.82, 2.24) is 10.3 Å². The molecular formula is C27H28N2O3. The minimum Gasteiger partial charge on any atom is -0.497 e. The molecule has 5 heteroatoms. The number of ether oxygens (including phenoxy) is 3. The fourth-order valence-electron chi connectivity index (χ4n) is 3.85. The van der Waals surface area contributed by atoms with Gasteiger partial charge in [-0.1, -0.05) is 42.5 Å². The molecule has 0 aliphatic heterocycles. The molecule has 164 valence electrons. The van der Waals surface area contributed by atoms with E-state index >= 15 is 0 Å². The van der Waals surface area contributed by atoms with E-state index < -0.39 is 0 Å². The minimum atomic E-state index is 0.683. The lowest BCUT2D eigenvalue weighted by Gasteiger charge is -2.16. The van der Waals surface area contributed by atoms with Crippen molar-refractivity contribution in [3.05, 3.63) is 83.9 Å². The Morgan fingerprint density at radius 3 is 2.31 bits per heavy atom. The summed E-state index contributed by atoms with van der Waals surface area (Å²) in [6.07, 6.45) is 0.966. The number of nitrogens with zero attached hydrogens (tertiary/aromatic N) is 1. The molecule has 5 nitrogen and oxygen atoms in total. The molecule has 0 amide bonds. The average molecular weight is 429 g/mol. The van der Waals surface area contributed by atoms with Crippen LogP contribution < -0.4 is 19.5 Å². The lowest BCUT2D eigenvalue weighted by molar-refractivity contribution is 0.409. The number of benzene rings is 3. The molecule has 0 aliphatic carbocycles. The summed E-state index contributed by atoms with van der Waals surface area (Å²) in [6, 6.07) is 24.4. The zero-order valence-electron chi connectivity index (χ0n) is 18.7. The summed E-state index contributed by atoms with van der Waals surface area (Å²) in [5, 5.41) is 4.51. The molecule has 0 radical (unpaired) electrons. The van der Waals surface area contributed by atoms with Gasteiger partial charge in [-0.3, -0.25) is 0 Å². The fraction of sp³-hybridized carbons (Fsp3) is 0.222. The maximum absolute atomic E-state index is 5.61. The molecular weight excluding hydrogens is 400 g/mol. The third-order valence-corrected chi connectivity index (χ3v) is 5.52. The predicted octanol–water partition coefficient (Wildman–Crippen LogP) is 5.26. The number of methoxy groups -OCH3 is 3. The Kier molecular flexibility index (Phi) is 6.87. The first-order chi connectivity index (χ1) is 15.7. The second kappa shape index (κ2) is 10.2. The Balaban J connectivity index is 1.72. The Morgan fingerprint density at radius 2 is 1.56 bits per heavy atom. The fourth-order valence-corrected chi connectivity index (χ4v) is 3.85. The number of aromatic nitrogens is 1. The quantitative estimate of drug-likeness (QED) is 0.369. The summed E-state index contributed by atoms with van der Waals surface area (Å²) in [4.78, 5) is 5.04. The summed E-state index contributed by atoms with van der Waals surface area (Å²) >= 11 is 0. The number of fused-ring (bicyclic) bond motifs is 1. The number of pyridine rings is 1. The van der Waals surface area contributed by atoms with Crippen molar-refractivity contribution in [2.75, 3.05) is 27.9 Å². The van der Waals surface area contributed by atoms with Crippen LogP contribution in [0.5, 0.6) is 17.2 Å². The van der Waals surface area contributed by atoms with Crippen LogP contribution in [0.15, 0.2) is 72.8 Å². The highest BCUT2D eigenvalue weighted by Gasteiger charge is 2.15. The van der Waals surface area contributed by atoms with Gasteiger partial charge in [0.25, 0.3) is 0 Å². The van der Waals surface area contributed by atoms with Gasteiger partial charge in [-0.05, 0) is 54.4 Å². The van der Waals surface area contributed by atoms with Crippen LogP contribution in [0.2, 0.25) is 0 Å². The molecule has 4 rings (SSSR count). The van der Waals surface area contributed by atoms with Gasteiger partial charge in [0.05, 0.1) is 27.0 Å². The van der Waals surface area contributed by atoms with E-state index in [1.807, 2.05) is 36.4 Å². The first-order valence-electron chi connectivity index (χ1n) is 10.7. The van der Waals surface area contributed by atoms with Crippen LogP contribution >= 0.6 is 0 Å². The minimum absolute atomic E-state index is 0.683. The maximum atomic E-state index is 5.61. The van der Waals surface area contributed by atoms with E-state index in [0.29, 0.717) is 12.3 Å². The highest BCUT2D eigenvalue weighted by molar-refractivity contribution is 5.93. The van der Waals surface area contributed by atoms with Gasteiger partial charge in [0.2, 0.25) is 0 Å². The van der Waals surface area contributed by atoms with Gasteiger partial charge in [-0.15, -0.1) is 0 Å². The first kappa shape index (κ1) is 21.7. The molecule has 1 aromatic heterocycles. The topological polar surface area (TPSA) is 52.6 Å². The van der Waals surface area contributed by atoms with Crippen molar-refractivity contribution in [2.45, 2.75) is 13.0 Å². The van der Waals surface area contributed by atoms with Crippen molar-refractivity contribution in [2.24, 2.45) is 0 Å². The van der Waals surface area contributed by atoms with Crippen molar-refractivity contribution in [3.63, 3.8) is 0 Å². The number of nitrogens with one attached hydrogen (secondary N) is 1. The average Bonchev–Trinajstić information content (AvgIpc) is 2.86. The van der Waals surface area contributed by atoms with Crippen molar-refractivity contribution >= 4 is 10.9 Å². The molecule has 0 aliphatic rings. The zero-order valence-corrected chi connectivity index (χ0v) is 18.7. The SMILES string of the molecule is COc1cccc(-c2nc3c(OC)ccc(OC)c3cc2CNCCc2ccccc2)c1. The third kappa shape index (κ3) is 4.68. The van der Waals surface area contributed by atoms with Gasteiger partial charge in [0.1, 0.15) is 22.8 Å². The molecule has 0 saturated carbocycles. The normalized spacial score (nSPS) is 10.8. The maximum Gasteiger partial charge on any atom is 0.145 e. The largest absolute Gasteiger partial charge is 0.497 e. The van der Waals surface area contributed by atoms with Crippen LogP contribution in [0, 0.1) is 0 Å². The third-order valence-electron chi connectivity index (χ3n) is 5.52. The molecule has 0 spiro atoms. The van der Waals surface area contributed by atoms with Gasteiger partial charge in [0, 0.05) is 17.5 Å². The second-order valence-corrected chi connectivity index (χ2v) is 7.51. The molecule has 32 heavy (non-hydrogen) atoms. The van der Waals surface area contributed by atoms with Gasteiger partial charge < -0.3 is 19.5 Å². The zero-order chi connectivity index (χ0) is 22.3. The van der Waals surface area contributed by atoms with Crippen LogP contribution in [0.4, 0.5) is 0 Å². The van der Waals surface area contributed by atoms with Crippen LogP contribution in [0.3, 0.4) is 0 Å². The summed E-state index contributed by atoms with van der Waals surface area (Å²) in [5.74, 6) is 2.29. The van der Waals surface area contributed by atoms with E-state index in [4.69, 9.17) is 19.2 Å². The summed E-state index contributed by atoms with van der Waals surface area (Å²) < 4.78 is 16.6. The lowest BCUT2D eigenvalue weighted by atomic mass is 10.0. The molecule has 1 heterocycles. The van der Waals surface area contributed by atoms with Gasteiger partial charge >= 0.3 is 0 Å². The second-order valence-electron chi connectivity index (χ2n) is 7.51. The molecule has 0 fully saturated rings. The molecule has 0 saturated heterocycles. The van der Waals surface area contributed by atoms with Gasteiger partial charge in [0.15, 0.2) is 0 Å². The number of hydrogen-bond acceptors (Lipinski definition) is 5. The van der Waals surface area contributed by atoms with Crippen molar-refractivity contribution in [3.8, 4) is 28.5 Å². The first-order valence-corrected chi connectivity index (χ1v) is 10.7. The van der Waals surface area contributed by atoms with Crippen molar-refractivity contribution in [1.29, 1.82) is 0 Å². The molecule has 0 unspecified atom stereocenters. The van der Waals surface area contributed by atoms with Crippen LogP contribution in [-0.4, -0.2) is 32.9 Å². The monoisotopic (exact) mass is 428 g/mol. The molecule has 0 atom stereocenters. The Bertz CT molecular complexity index is 1190. The van der Waals surface area contributed by atoms with E-state index in [1.54, 1.807) is 21.3 Å². The van der Waals surface area contributed by atoms with Crippen molar-refractivity contribution < 1.29 is 14.2 Å². The lowest BCUT2D eigenvalue weighted by Crippen LogP contribution is -2.17. The smallest absolute Gasteiger partial charge is 0.145 e. The number of rotatable bonds is 9. The predicted molar refractivity (Wildman–Crippen MR) is 129 cm³/mol. The summed E-state index contributed by atoms with van der Waals surface area (Å²) in [7, 11) is 5.01.